The number of nitrogens with two attached hydrogens (primary N) is 1. The van der Waals surface area contributed by atoms with Gasteiger partial charge in [-0.1, -0.05) is 6.92 Å². The average Bonchev–Trinajstić information content (AvgIpc) is 2.31. The van der Waals surface area contributed by atoms with E-state index >= 15 is 0 Å². The Labute approximate surface area is 101 Å². The van der Waals surface area contributed by atoms with Crippen LogP contribution < -0.4 is 15.8 Å². The summed E-state index contributed by atoms with van der Waals surface area (Å²) in [5.41, 5.74) is 6.04. The van der Waals surface area contributed by atoms with Crippen LogP contribution in [0.4, 0.5) is 0 Å². The predicted molar refractivity (Wildman–Crippen MR) is 65.5 cm³/mol. The zero-order chi connectivity index (χ0) is 12.7. The summed E-state index contributed by atoms with van der Waals surface area (Å²) in [6.45, 7) is 5.43. The topological polar surface area (TPSA) is 77.2 Å². The van der Waals surface area contributed by atoms with E-state index in [2.05, 4.69) is 17.2 Å². The Morgan fingerprint density at radius 1 is 1.59 bits per heavy atom. The lowest BCUT2D eigenvalue weighted by atomic mass is 10.3. The van der Waals surface area contributed by atoms with Crippen LogP contribution in [0.2, 0.25) is 0 Å². The number of pyridine rings is 1. The Morgan fingerprint density at radius 3 is 2.88 bits per heavy atom. The van der Waals surface area contributed by atoms with Gasteiger partial charge in [0.25, 0.3) is 5.91 Å². The summed E-state index contributed by atoms with van der Waals surface area (Å²) in [5.74, 6) is 0.0641. The van der Waals surface area contributed by atoms with Gasteiger partial charge in [-0.3, -0.25) is 9.78 Å². The van der Waals surface area contributed by atoms with Gasteiger partial charge in [0.1, 0.15) is 5.75 Å². The largest absolute Gasteiger partial charge is 0.479 e. The van der Waals surface area contributed by atoms with Gasteiger partial charge in [-0.05, 0) is 32.0 Å². The number of nitrogens with one attached hydrogen (secondary N) is 1. The van der Waals surface area contributed by atoms with Crippen LogP contribution in [0.3, 0.4) is 0 Å². The first kappa shape index (κ1) is 13.4. The molecule has 1 rings (SSSR count). The predicted octanol–water partition coefficient (Wildman–Crippen LogP) is 0.834. The van der Waals surface area contributed by atoms with Crippen molar-refractivity contribution in [2.75, 3.05) is 6.54 Å². The Balaban J connectivity index is 2.47. The van der Waals surface area contributed by atoms with Crippen molar-refractivity contribution in [3.63, 3.8) is 0 Å². The second kappa shape index (κ2) is 6.85. The number of rotatable bonds is 7. The Morgan fingerprint density at radius 2 is 2.35 bits per heavy atom. The normalized spacial score (nSPS) is 12.1. The molecule has 0 bridgehead atoms. The second-order valence-electron chi connectivity index (χ2n) is 3.82. The number of amides is 1. The molecule has 1 aromatic heterocycles. The van der Waals surface area contributed by atoms with Gasteiger partial charge in [0.15, 0.2) is 6.10 Å². The Bertz CT molecular complexity index is 351. The highest BCUT2D eigenvalue weighted by Crippen LogP contribution is 2.11. The van der Waals surface area contributed by atoms with Crippen LogP contribution in [0.1, 0.15) is 26.0 Å². The molecule has 1 aromatic rings. The fourth-order valence-electron chi connectivity index (χ4n) is 1.24. The van der Waals surface area contributed by atoms with Gasteiger partial charge in [-0.2, -0.15) is 0 Å². The standard InChI is InChI=1S/C12H19N3O2/c1-3-6-14-7-10-4-5-11(8-15-10)17-9(2)12(13)16/h4-5,8-9,14H,3,6-7H2,1-2H3,(H2,13,16). The van der Waals surface area contributed by atoms with Crippen LogP contribution in [0.5, 0.6) is 5.75 Å². The molecule has 0 aliphatic heterocycles. The monoisotopic (exact) mass is 237 g/mol. The van der Waals surface area contributed by atoms with E-state index in [1.807, 2.05) is 6.07 Å². The maximum absolute atomic E-state index is 10.8. The summed E-state index contributed by atoms with van der Waals surface area (Å²) in [6, 6.07) is 3.65. The molecular formula is C12H19N3O2. The van der Waals surface area contributed by atoms with Gasteiger partial charge in [0.05, 0.1) is 11.9 Å². The zero-order valence-electron chi connectivity index (χ0n) is 10.3. The first-order chi connectivity index (χ1) is 8.13. The SMILES string of the molecule is CCCNCc1ccc(OC(C)C(N)=O)cn1. The molecule has 0 aliphatic rings. The molecule has 94 valence electrons. The van der Waals surface area contributed by atoms with Crippen molar-refractivity contribution in [3.05, 3.63) is 24.0 Å². The zero-order valence-corrected chi connectivity index (χ0v) is 10.3. The molecule has 1 unspecified atom stereocenters. The lowest BCUT2D eigenvalue weighted by Crippen LogP contribution is -2.30. The minimum Gasteiger partial charge on any atom is -0.479 e. The van der Waals surface area contributed by atoms with E-state index in [4.69, 9.17) is 10.5 Å². The molecule has 3 N–H and O–H groups in total. The molecule has 17 heavy (non-hydrogen) atoms. The van der Waals surface area contributed by atoms with Gasteiger partial charge >= 0.3 is 0 Å². The van der Waals surface area contributed by atoms with Crippen LogP contribution in [-0.4, -0.2) is 23.5 Å². The molecule has 0 fully saturated rings. The van der Waals surface area contributed by atoms with Gasteiger partial charge in [-0.25, -0.2) is 0 Å². The molecule has 5 nitrogen and oxygen atoms in total. The minimum absolute atomic E-state index is 0.487. The number of ether oxygens (including phenoxy) is 1. The van der Waals surface area contributed by atoms with Crippen molar-refractivity contribution in [2.24, 2.45) is 5.73 Å². The summed E-state index contributed by atoms with van der Waals surface area (Å²) >= 11 is 0. The van der Waals surface area contributed by atoms with Crippen molar-refractivity contribution in [3.8, 4) is 5.75 Å². The first-order valence-electron chi connectivity index (χ1n) is 5.75. The van der Waals surface area contributed by atoms with Crippen LogP contribution in [0.25, 0.3) is 0 Å². The molecule has 0 radical (unpaired) electrons. The number of aromatic nitrogens is 1. The molecule has 0 aliphatic carbocycles. The number of carbonyl (C=O) groups is 1. The number of hydrogen-bond acceptors (Lipinski definition) is 4. The molecular weight excluding hydrogens is 218 g/mol. The van der Waals surface area contributed by atoms with Crippen LogP contribution in [0, 0.1) is 0 Å². The molecule has 5 heteroatoms. The minimum atomic E-state index is -0.638. The van der Waals surface area contributed by atoms with E-state index < -0.39 is 12.0 Å². The third-order valence-electron chi connectivity index (χ3n) is 2.24. The summed E-state index contributed by atoms with van der Waals surface area (Å²) in [6.07, 6.45) is 2.06. The van der Waals surface area contributed by atoms with Crippen molar-refractivity contribution < 1.29 is 9.53 Å². The Hall–Kier alpha value is -1.62. The summed E-state index contributed by atoms with van der Waals surface area (Å²) in [7, 11) is 0. The molecule has 0 aromatic carbocycles. The van der Waals surface area contributed by atoms with E-state index in [-0.39, 0.29) is 0 Å². The summed E-state index contributed by atoms with van der Waals surface area (Å²) < 4.78 is 5.30. The number of nitrogens with zero attached hydrogens (tertiary/aromatic N) is 1. The van der Waals surface area contributed by atoms with Gasteiger partial charge in [-0.15, -0.1) is 0 Å². The Kier molecular flexibility index (Phi) is 5.42. The van der Waals surface area contributed by atoms with Gasteiger partial charge in [0.2, 0.25) is 0 Å². The first-order valence-corrected chi connectivity index (χ1v) is 5.75. The van der Waals surface area contributed by atoms with E-state index in [1.165, 1.54) is 0 Å². The van der Waals surface area contributed by atoms with E-state index in [0.717, 1.165) is 25.2 Å². The lowest BCUT2D eigenvalue weighted by molar-refractivity contribution is -0.123. The fourth-order valence-corrected chi connectivity index (χ4v) is 1.24. The van der Waals surface area contributed by atoms with Crippen LogP contribution in [0.15, 0.2) is 18.3 Å². The van der Waals surface area contributed by atoms with Crippen molar-refractivity contribution in [1.29, 1.82) is 0 Å². The van der Waals surface area contributed by atoms with Gasteiger partial charge < -0.3 is 15.8 Å². The highest BCUT2D eigenvalue weighted by molar-refractivity contribution is 5.78. The number of carbonyl (C=O) groups excluding carboxylic acids is 1. The quantitative estimate of drug-likeness (QED) is 0.689. The molecule has 0 spiro atoms. The van der Waals surface area contributed by atoms with Gasteiger partial charge in [0, 0.05) is 6.54 Å². The molecule has 1 heterocycles. The van der Waals surface area contributed by atoms with Crippen molar-refractivity contribution in [2.45, 2.75) is 32.9 Å². The fraction of sp³-hybridized carbons (Fsp3) is 0.500. The van der Waals surface area contributed by atoms with Crippen molar-refractivity contribution >= 4 is 5.91 Å². The molecule has 1 atom stereocenters. The molecule has 0 saturated carbocycles. The van der Waals surface area contributed by atoms with Crippen molar-refractivity contribution in [1.82, 2.24) is 10.3 Å². The van der Waals surface area contributed by atoms with E-state index in [9.17, 15) is 4.79 Å². The number of hydrogen-bond donors (Lipinski definition) is 2. The van der Waals surface area contributed by atoms with Crippen LogP contribution >= 0.6 is 0 Å². The average molecular weight is 237 g/mol. The summed E-state index contributed by atoms with van der Waals surface area (Å²) in [4.78, 5) is 15.0. The summed E-state index contributed by atoms with van der Waals surface area (Å²) in [5, 5.41) is 3.25. The molecule has 1 amide bonds. The maximum Gasteiger partial charge on any atom is 0.258 e. The van der Waals surface area contributed by atoms with E-state index in [1.54, 1.807) is 19.2 Å². The number of primary amides is 1. The highest BCUT2D eigenvalue weighted by Gasteiger charge is 2.09. The highest BCUT2D eigenvalue weighted by atomic mass is 16.5. The lowest BCUT2D eigenvalue weighted by Gasteiger charge is -2.11. The smallest absolute Gasteiger partial charge is 0.258 e. The maximum atomic E-state index is 10.8. The third-order valence-corrected chi connectivity index (χ3v) is 2.24. The van der Waals surface area contributed by atoms with Crippen LogP contribution in [-0.2, 0) is 11.3 Å². The van der Waals surface area contributed by atoms with E-state index in [0.29, 0.717) is 5.75 Å². The third kappa shape index (κ3) is 4.82. The second-order valence-corrected chi connectivity index (χ2v) is 3.82. The molecule has 0 saturated heterocycles.